The fourth-order valence-corrected chi connectivity index (χ4v) is 0.284. The third-order valence-corrected chi connectivity index (χ3v) is 0.656. The standard InChI is InChI=1S/C4H8N2OS/c1-3(7)2-6-4(5)8/h2H2,1H3,(H3,5,6,8). The van der Waals surface area contributed by atoms with Crippen LogP contribution in [0.3, 0.4) is 0 Å². The van der Waals surface area contributed by atoms with Gasteiger partial charge in [0.05, 0.1) is 6.54 Å². The molecule has 4 heteroatoms. The summed E-state index contributed by atoms with van der Waals surface area (Å²) in [6.07, 6.45) is 0. The number of hydrogen-bond donors (Lipinski definition) is 2. The van der Waals surface area contributed by atoms with Crippen molar-refractivity contribution in [3.05, 3.63) is 0 Å². The van der Waals surface area contributed by atoms with E-state index < -0.39 is 0 Å². The van der Waals surface area contributed by atoms with Crippen LogP contribution in [0, 0.1) is 0 Å². The Labute approximate surface area is 53.2 Å². The van der Waals surface area contributed by atoms with E-state index in [0.717, 1.165) is 0 Å². The fourth-order valence-electron chi connectivity index (χ4n) is 0.212. The normalized spacial score (nSPS) is 8.12. The van der Waals surface area contributed by atoms with Crippen molar-refractivity contribution >= 4 is 23.1 Å². The van der Waals surface area contributed by atoms with Crippen molar-refractivity contribution in [2.45, 2.75) is 6.92 Å². The zero-order valence-electron chi connectivity index (χ0n) is 4.60. The first kappa shape index (κ1) is 7.36. The lowest BCUT2D eigenvalue weighted by Gasteiger charge is -1.96. The fraction of sp³-hybridized carbons (Fsp3) is 0.500. The Morgan fingerprint density at radius 3 is 2.50 bits per heavy atom. The summed E-state index contributed by atoms with van der Waals surface area (Å²) in [5, 5.41) is 2.67. The molecule has 0 fully saturated rings. The minimum atomic E-state index is 0.0257. The Morgan fingerprint density at radius 2 is 2.38 bits per heavy atom. The highest BCUT2D eigenvalue weighted by atomic mass is 32.1. The third-order valence-electron chi connectivity index (χ3n) is 0.512. The third kappa shape index (κ3) is 5.36. The molecular formula is C4H8N2OS. The summed E-state index contributed by atoms with van der Waals surface area (Å²) in [5.74, 6) is 0.0257. The molecule has 0 atom stereocenters. The number of carbonyl (C=O) groups excluding carboxylic acids is 1. The quantitative estimate of drug-likeness (QED) is 0.493. The first-order valence-corrected chi connectivity index (χ1v) is 2.56. The van der Waals surface area contributed by atoms with Crippen molar-refractivity contribution in [2.24, 2.45) is 5.73 Å². The van der Waals surface area contributed by atoms with Crippen LogP contribution in [-0.4, -0.2) is 17.4 Å². The molecule has 0 unspecified atom stereocenters. The van der Waals surface area contributed by atoms with Crippen LogP contribution in [0.25, 0.3) is 0 Å². The number of nitrogens with two attached hydrogens (primary N) is 1. The van der Waals surface area contributed by atoms with Gasteiger partial charge < -0.3 is 11.1 Å². The minimum absolute atomic E-state index is 0.0257. The Kier molecular flexibility index (Phi) is 3.10. The largest absolute Gasteiger partial charge is 0.376 e. The maximum absolute atomic E-state index is 10.2. The molecule has 0 saturated carbocycles. The molecule has 0 aromatic rings. The van der Waals surface area contributed by atoms with Crippen LogP contribution in [0.1, 0.15) is 6.92 Å². The highest BCUT2D eigenvalue weighted by Gasteiger charge is 1.89. The van der Waals surface area contributed by atoms with Gasteiger partial charge >= 0.3 is 0 Å². The molecule has 8 heavy (non-hydrogen) atoms. The molecule has 0 aliphatic rings. The van der Waals surface area contributed by atoms with Crippen LogP contribution in [0.5, 0.6) is 0 Å². The SMILES string of the molecule is CC(=O)CNC(N)=S. The van der Waals surface area contributed by atoms with Crippen molar-refractivity contribution in [1.82, 2.24) is 5.32 Å². The van der Waals surface area contributed by atoms with E-state index in [0.29, 0.717) is 0 Å². The maximum Gasteiger partial charge on any atom is 0.164 e. The molecule has 0 aliphatic carbocycles. The molecule has 0 bridgehead atoms. The molecule has 0 amide bonds. The average molecular weight is 132 g/mol. The number of carbonyl (C=O) groups is 1. The lowest BCUT2D eigenvalue weighted by molar-refractivity contribution is -0.115. The Morgan fingerprint density at radius 1 is 1.88 bits per heavy atom. The van der Waals surface area contributed by atoms with Crippen molar-refractivity contribution in [3.63, 3.8) is 0 Å². The van der Waals surface area contributed by atoms with Crippen LogP contribution in [0.2, 0.25) is 0 Å². The Balaban J connectivity index is 3.18. The van der Waals surface area contributed by atoms with Gasteiger partial charge in [0.25, 0.3) is 0 Å². The molecule has 0 spiro atoms. The lowest BCUT2D eigenvalue weighted by Crippen LogP contribution is -2.32. The van der Waals surface area contributed by atoms with Crippen LogP contribution in [0.15, 0.2) is 0 Å². The molecule has 0 aromatic heterocycles. The first-order chi connectivity index (χ1) is 3.63. The second kappa shape index (κ2) is 3.37. The highest BCUT2D eigenvalue weighted by molar-refractivity contribution is 7.80. The van der Waals surface area contributed by atoms with Crippen LogP contribution >= 0.6 is 12.2 Å². The smallest absolute Gasteiger partial charge is 0.164 e. The number of nitrogens with one attached hydrogen (secondary N) is 1. The van der Waals surface area contributed by atoms with Crippen LogP contribution < -0.4 is 11.1 Å². The van der Waals surface area contributed by atoms with E-state index in [1.54, 1.807) is 0 Å². The monoisotopic (exact) mass is 132 g/mol. The Hall–Kier alpha value is -0.640. The van der Waals surface area contributed by atoms with Gasteiger partial charge in [0.2, 0.25) is 0 Å². The van der Waals surface area contributed by atoms with Gasteiger partial charge in [0.15, 0.2) is 5.11 Å². The molecule has 3 N–H and O–H groups in total. The summed E-state index contributed by atoms with van der Waals surface area (Å²) in [6, 6.07) is 0. The molecule has 3 nitrogen and oxygen atoms in total. The van der Waals surface area contributed by atoms with E-state index in [2.05, 4.69) is 17.5 Å². The van der Waals surface area contributed by atoms with Gasteiger partial charge in [0, 0.05) is 0 Å². The summed E-state index contributed by atoms with van der Waals surface area (Å²) >= 11 is 4.43. The number of Topliss-reactive ketones (excluding diaryl/α,β-unsaturated/α-hetero) is 1. The highest BCUT2D eigenvalue weighted by Crippen LogP contribution is 1.62. The van der Waals surface area contributed by atoms with E-state index in [9.17, 15) is 4.79 Å². The summed E-state index contributed by atoms with van der Waals surface area (Å²) in [5.41, 5.74) is 5.01. The van der Waals surface area contributed by atoms with Crippen molar-refractivity contribution < 1.29 is 4.79 Å². The van der Waals surface area contributed by atoms with E-state index in [1.165, 1.54) is 6.92 Å². The van der Waals surface area contributed by atoms with Gasteiger partial charge in [-0.05, 0) is 19.1 Å². The van der Waals surface area contributed by atoms with E-state index in [-0.39, 0.29) is 17.4 Å². The topological polar surface area (TPSA) is 55.1 Å². The Bertz CT molecular complexity index is 98.6. The lowest BCUT2D eigenvalue weighted by atomic mass is 10.4. The summed E-state index contributed by atoms with van der Waals surface area (Å²) in [4.78, 5) is 10.2. The van der Waals surface area contributed by atoms with Crippen LogP contribution in [-0.2, 0) is 4.79 Å². The number of ketones is 1. The van der Waals surface area contributed by atoms with E-state index in [1.807, 2.05) is 0 Å². The van der Waals surface area contributed by atoms with Crippen molar-refractivity contribution in [2.75, 3.05) is 6.54 Å². The van der Waals surface area contributed by atoms with Gasteiger partial charge in [-0.1, -0.05) is 0 Å². The van der Waals surface area contributed by atoms with Gasteiger partial charge in [-0.15, -0.1) is 0 Å². The molecule has 0 heterocycles. The molecule has 46 valence electrons. The van der Waals surface area contributed by atoms with Crippen molar-refractivity contribution in [1.29, 1.82) is 0 Å². The van der Waals surface area contributed by atoms with E-state index in [4.69, 9.17) is 5.73 Å². The first-order valence-electron chi connectivity index (χ1n) is 2.15. The number of thiocarbonyl (C=S) groups is 1. The second-order valence-corrected chi connectivity index (χ2v) is 1.86. The number of rotatable bonds is 2. The summed E-state index contributed by atoms with van der Waals surface area (Å²) < 4.78 is 0. The van der Waals surface area contributed by atoms with Gasteiger partial charge in [-0.25, -0.2) is 0 Å². The second-order valence-electron chi connectivity index (χ2n) is 1.42. The van der Waals surface area contributed by atoms with Crippen LogP contribution in [0.4, 0.5) is 0 Å². The predicted octanol–water partition coefficient (Wildman–Crippen LogP) is -0.591. The maximum atomic E-state index is 10.2. The molecule has 0 aliphatic heterocycles. The van der Waals surface area contributed by atoms with Crippen molar-refractivity contribution in [3.8, 4) is 0 Å². The van der Waals surface area contributed by atoms with Gasteiger partial charge in [-0.3, -0.25) is 4.79 Å². The summed E-state index contributed by atoms with van der Waals surface area (Å²) in [6.45, 7) is 1.70. The number of hydrogen-bond acceptors (Lipinski definition) is 2. The minimum Gasteiger partial charge on any atom is -0.376 e. The molecule has 0 rings (SSSR count). The van der Waals surface area contributed by atoms with E-state index >= 15 is 0 Å². The predicted molar refractivity (Wildman–Crippen MR) is 35.5 cm³/mol. The zero-order chi connectivity index (χ0) is 6.57. The molecule has 0 radical (unpaired) electrons. The average Bonchev–Trinajstić information content (AvgIpc) is 1.61. The molecular weight excluding hydrogens is 124 g/mol. The van der Waals surface area contributed by atoms with Gasteiger partial charge in [-0.2, -0.15) is 0 Å². The zero-order valence-corrected chi connectivity index (χ0v) is 5.42. The summed E-state index contributed by atoms with van der Waals surface area (Å²) in [7, 11) is 0. The van der Waals surface area contributed by atoms with Gasteiger partial charge in [0.1, 0.15) is 5.78 Å². The molecule has 0 saturated heterocycles. The molecule has 0 aromatic carbocycles.